The van der Waals surface area contributed by atoms with Crippen molar-refractivity contribution in [1.82, 2.24) is 14.9 Å². The van der Waals surface area contributed by atoms with E-state index in [0.717, 1.165) is 0 Å². The maximum atomic E-state index is 12.3. The number of hydrogen-bond donors (Lipinski definition) is 3. The normalized spacial score (nSPS) is 15.6. The van der Waals surface area contributed by atoms with E-state index in [1.807, 2.05) is 6.92 Å². The Morgan fingerprint density at radius 1 is 1.44 bits per heavy atom. The highest BCUT2D eigenvalue weighted by Gasteiger charge is 2.31. The summed E-state index contributed by atoms with van der Waals surface area (Å²) in [6, 6.07) is 0. The maximum absolute atomic E-state index is 12.3. The molecule has 0 radical (unpaired) electrons. The summed E-state index contributed by atoms with van der Waals surface area (Å²) in [6.07, 6.45) is 0.974. The number of rotatable bonds is 6. The van der Waals surface area contributed by atoms with E-state index >= 15 is 0 Å². The summed E-state index contributed by atoms with van der Waals surface area (Å²) in [5, 5.41) is 15.6. The zero-order valence-electron chi connectivity index (χ0n) is 11.2. The molecule has 7 heteroatoms. The van der Waals surface area contributed by atoms with Gasteiger partial charge in [0.05, 0.1) is 11.4 Å². The fourth-order valence-corrected chi connectivity index (χ4v) is 3.74. The summed E-state index contributed by atoms with van der Waals surface area (Å²) in [5.74, 6) is 0. The smallest absolute Gasteiger partial charge is 0.244 e. The highest BCUT2D eigenvalue weighted by Crippen LogP contribution is 2.22. The van der Waals surface area contributed by atoms with Gasteiger partial charge in [-0.15, -0.1) is 0 Å². The molecule has 1 aromatic heterocycles. The van der Waals surface area contributed by atoms with Gasteiger partial charge in [0.15, 0.2) is 0 Å². The molecular weight excluding hydrogens is 254 g/mol. The van der Waals surface area contributed by atoms with Gasteiger partial charge in [-0.1, -0.05) is 6.92 Å². The van der Waals surface area contributed by atoms with Crippen LogP contribution in [0.3, 0.4) is 0 Å². The van der Waals surface area contributed by atoms with Crippen molar-refractivity contribution >= 4 is 10.0 Å². The minimum absolute atomic E-state index is 0.0593. The van der Waals surface area contributed by atoms with Gasteiger partial charge in [-0.2, -0.15) is 5.10 Å². The Morgan fingerprint density at radius 2 is 2.06 bits per heavy atom. The van der Waals surface area contributed by atoms with Gasteiger partial charge in [-0.3, -0.25) is 5.10 Å². The molecule has 3 N–H and O–H groups in total. The maximum Gasteiger partial charge on any atom is 0.244 e. The molecule has 0 amide bonds. The summed E-state index contributed by atoms with van der Waals surface area (Å²) in [7, 11) is -3.63. The van der Waals surface area contributed by atoms with Crippen LogP contribution in [0.4, 0.5) is 0 Å². The van der Waals surface area contributed by atoms with Gasteiger partial charge >= 0.3 is 0 Å². The first-order valence-corrected chi connectivity index (χ1v) is 7.40. The van der Waals surface area contributed by atoms with E-state index in [9.17, 15) is 8.42 Å². The molecule has 0 spiro atoms. The van der Waals surface area contributed by atoms with Crippen molar-refractivity contribution in [3.05, 3.63) is 11.4 Å². The predicted octanol–water partition coefficient (Wildman–Crippen LogP) is 0.856. The molecule has 1 aromatic rings. The molecule has 0 aliphatic heterocycles. The Hall–Kier alpha value is -0.920. The number of aliphatic hydroxyl groups excluding tert-OH is 1. The SMILES string of the molecule is CCC(C)(CCO)NS(=O)(=O)c1c(C)n[nH]c1C. The van der Waals surface area contributed by atoms with Crippen LogP contribution in [0.15, 0.2) is 4.90 Å². The molecule has 0 saturated carbocycles. The van der Waals surface area contributed by atoms with Crippen LogP contribution in [0.2, 0.25) is 0 Å². The van der Waals surface area contributed by atoms with E-state index in [4.69, 9.17) is 5.11 Å². The molecule has 1 atom stereocenters. The average molecular weight is 275 g/mol. The Bertz CT molecular complexity index is 490. The zero-order valence-corrected chi connectivity index (χ0v) is 12.1. The van der Waals surface area contributed by atoms with E-state index in [0.29, 0.717) is 24.2 Å². The van der Waals surface area contributed by atoms with E-state index in [-0.39, 0.29) is 11.5 Å². The topological polar surface area (TPSA) is 95.1 Å². The van der Waals surface area contributed by atoms with Gasteiger partial charge in [0, 0.05) is 12.1 Å². The lowest BCUT2D eigenvalue weighted by Gasteiger charge is -2.28. The summed E-state index contributed by atoms with van der Waals surface area (Å²) in [4.78, 5) is 0.195. The van der Waals surface area contributed by atoms with Crippen molar-refractivity contribution in [3.63, 3.8) is 0 Å². The van der Waals surface area contributed by atoms with Gasteiger partial charge in [-0.05, 0) is 33.6 Å². The van der Waals surface area contributed by atoms with Crippen molar-refractivity contribution in [3.8, 4) is 0 Å². The second kappa shape index (κ2) is 5.38. The zero-order chi connectivity index (χ0) is 14.0. The van der Waals surface area contributed by atoms with Crippen LogP contribution < -0.4 is 4.72 Å². The molecule has 0 aromatic carbocycles. The van der Waals surface area contributed by atoms with Crippen molar-refractivity contribution in [2.45, 2.75) is 51.0 Å². The first kappa shape index (κ1) is 15.1. The highest BCUT2D eigenvalue weighted by molar-refractivity contribution is 7.89. The standard InChI is InChI=1S/C11H21N3O3S/c1-5-11(4,6-7-15)14-18(16,17)10-8(2)12-13-9(10)3/h14-15H,5-7H2,1-4H3,(H,12,13). The Morgan fingerprint density at radius 3 is 2.44 bits per heavy atom. The molecule has 0 bridgehead atoms. The quantitative estimate of drug-likeness (QED) is 0.717. The summed E-state index contributed by atoms with van der Waals surface area (Å²) in [5.41, 5.74) is 0.314. The van der Waals surface area contributed by atoms with E-state index in [1.54, 1.807) is 20.8 Å². The molecule has 1 unspecified atom stereocenters. The fourth-order valence-electron chi connectivity index (χ4n) is 1.86. The molecule has 1 rings (SSSR count). The van der Waals surface area contributed by atoms with Gasteiger partial charge < -0.3 is 5.11 Å². The summed E-state index contributed by atoms with van der Waals surface area (Å²) >= 11 is 0. The second-order valence-corrected chi connectivity index (χ2v) is 6.38. The lowest BCUT2D eigenvalue weighted by atomic mass is 9.97. The molecular formula is C11H21N3O3S. The summed E-state index contributed by atoms with van der Waals surface area (Å²) < 4.78 is 27.3. The Balaban J connectivity index is 3.09. The molecule has 0 fully saturated rings. The Labute approximate surface area is 108 Å². The van der Waals surface area contributed by atoms with Crippen LogP contribution in [0, 0.1) is 13.8 Å². The molecule has 6 nitrogen and oxygen atoms in total. The number of nitrogens with zero attached hydrogens (tertiary/aromatic N) is 1. The highest BCUT2D eigenvalue weighted by atomic mass is 32.2. The van der Waals surface area contributed by atoms with Gasteiger partial charge in [0.25, 0.3) is 0 Å². The van der Waals surface area contributed by atoms with E-state index in [2.05, 4.69) is 14.9 Å². The average Bonchev–Trinajstić information content (AvgIpc) is 2.58. The van der Waals surface area contributed by atoms with Gasteiger partial charge in [0.2, 0.25) is 10.0 Å². The van der Waals surface area contributed by atoms with Crippen molar-refractivity contribution in [1.29, 1.82) is 0 Å². The molecule has 0 saturated heterocycles. The lowest BCUT2D eigenvalue weighted by molar-refractivity contribution is 0.233. The first-order valence-electron chi connectivity index (χ1n) is 5.92. The number of nitrogens with one attached hydrogen (secondary N) is 2. The minimum Gasteiger partial charge on any atom is -0.396 e. The molecule has 18 heavy (non-hydrogen) atoms. The van der Waals surface area contributed by atoms with Crippen LogP contribution in [-0.2, 0) is 10.0 Å². The minimum atomic E-state index is -3.63. The fraction of sp³-hybridized carbons (Fsp3) is 0.727. The third-order valence-corrected chi connectivity index (χ3v) is 5.05. The van der Waals surface area contributed by atoms with Crippen LogP contribution in [-0.4, -0.2) is 35.9 Å². The largest absolute Gasteiger partial charge is 0.396 e. The predicted molar refractivity (Wildman–Crippen MR) is 68.8 cm³/mol. The molecule has 104 valence electrons. The van der Waals surface area contributed by atoms with Crippen LogP contribution in [0.25, 0.3) is 0 Å². The Kier molecular flexibility index (Phi) is 4.52. The van der Waals surface area contributed by atoms with Gasteiger partial charge in [0.1, 0.15) is 4.90 Å². The number of sulfonamides is 1. The van der Waals surface area contributed by atoms with E-state index < -0.39 is 15.6 Å². The van der Waals surface area contributed by atoms with E-state index in [1.165, 1.54) is 0 Å². The molecule has 1 heterocycles. The number of aromatic nitrogens is 2. The van der Waals surface area contributed by atoms with Crippen molar-refractivity contribution in [2.75, 3.05) is 6.61 Å². The monoisotopic (exact) mass is 275 g/mol. The number of aromatic amines is 1. The number of H-pyrrole nitrogens is 1. The third-order valence-electron chi connectivity index (χ3n) is 3.15. The third kappa shape index (κ3) is 3.09. The first-order chi connectivity index (χ1) is 8.25. The molecule has 0 aliphatic carbocycles. The number of aryl methyl sites for hydroxylation is 2. The second-order valence-electron chi connectivity index (χ2n) is 4.76. The summed E-state index contributed by atoms with van der Waals surface area (Å²) in [6.45, 7) is 6.92. The van der Waals surface area contributed by atoms with Crippen LogP contribution in [0.1, 0.15) is 38.1 Å². The number of aliphatic hydroxyl groups is 1. The van der Waals surface area contributed by atoms with Gasteiger partial charge in [-0.25, -0.2) is 13.1 Å². The lowest BCUT2D eigenvalue weighted by Crippen LogP contribution is -2.46. The van der Waals surface area contributed by atoms with Crippen molar-refractivity contribution < 1.29 is 13.5 Å². The van der Waals surface area contributed by atoms with Crippen LogP contribution >= 0.6 is 0 Å². The number of hydrogen-bond acceptors (Lipinski definition) is 4. The molecule has 0 aliphatic rings. The van der Waals surface area contributed by atoms with Crippen LogP contribution in [0.5, 0.6) is 0 Å². The van der Waals surface area contributed by atoms with Crippen molar-refractivity contribution in [2.24, 2.45) is 0 Å².